The fraction of sp³-hybridized carbons (Fsp3) is 0.467. The Morgan fingerprint density at radius 2 is 1.89 bits per heavy atom. The Morgan fingerprint density at radius 1 is 1.26 bits per heavy atom. The highest BCUT2D eigenvalue weighted by Gasteiger charge is 2.35. The van der Waals surface area contributed by atoms with Crippen molar-refractivity contribution in [2.45, 2.75) is 30.9 Å². The molecular formula is C15H18Cl2O2. The van der Waals surface area contributed by atoms with Crippen LogP contribution in [0, 0.1) is 17.8 Å². The summed E-state index contributed by atoms with van der Waals surface area (Å²) in [6, 6.07) is 9.80. The molecule has 1 aromatic rings. The van der Waals surface area contributed by atoms with Crippen LogP contribution in [0.15, 0.2) is 30.3 Å². The molecule has 0 heterocycles. The van der Waals surface area contributed by atoms with Gasteiger partial charge in [-0.25, -0.2) is 0 Å². The summed E-state index contributed by atoms with van der Waals surface area (Å²) in [5.41, 5.74) is 1.08. The van der Waals surface area contributed by atoms with Gasteiger partial charge in [0, 0.05) is 0 Å². The van der Waals surface area contributed by atoms with Gasteiger partial charge < -0.3 is 9.84 Å². The molecule has 0 bridgehead atoms. The number of aliphatic hydroxyl groups is 1. The second-order valence-electron chi connectivity index (χ2n) is 4.53. The molecule has 1 rings (SSSR count). The van der Waals surface area contributed by atoms with Gasteiger partial charge in [0.2, 0.25) is 0 Å². The van der Waals surface area contributed by atoms with Crippen LogP contribution in [0.5, 0.6) is 0 Å². The molecule has 1 atom stereocenters. The number of rotatable bonds is 5. The number of halogens is 2. The average molecular weight is 301 g/mol. The molecule has 19 heavy (non-hydrogen) atoms. The molecule has 0 radical (unpaired) electrons. The van der Waals surface area contributed by atoms with E-state index in [9.17, 15) is 5.11 Å². The number of alkyl halides is 2. The Kier molecular flexibility index (Phi) is 6.68. The van der Waals surface area contributed by atoms with Crippen molar-refractivity contribution in [1.29, 1.82) is 0 Å². The lowest BCUT2D eigenvalue weighted by Crippen LogP contribution is -2.35. The summed E-state index contributed by atoms with van der Waals surface area (Å²) >= 11 is 12.0. The lowest BCUT2D eigenvalue weighted by Gasteiger charge is -2.25. The van der Waals surface area contributed by atoms with Crippen molar-refractivity contribution in [3.63, 3.8) is 0 Å². The lowest BCUT2D eigenvalue weighted by atomic mass is 10.0. The van der Waals surface area contributed by atoms with E-state index >= 15 is 0 Å². The molecule has 0 unspecified atom stereocenters. The highest BCUT2D eigenvalue weighted by molar-refractivity contribution is 6.49. The summed E-state index contributed by atoms with van der Waals surface area (Å²) in [4.78, 5) is 0. The number of benzene rings is 1. The van der Waals surface area contributed by atoms with Crippen LogP contribution in [0.25, 0.3) is 0 Å². The minimum Gasteiger partial charge on any atom is -0.377 e. The van der Waals surface area contributed by atoms with E-state index in [1.54, 1.807) is 0 Å². The Hall–Kier alpha value is -0.720. The quantitative estimate of drug-likeness (QED) is 0.513. The molecule has 0 saturated carbocycles. The Balaban J connectivity index is 2.36. The van der Waals surface area contributed by atoms with Crippen molar-refractivity contribution in [3.05, 3.63) is 35.9 Å². The third kappa shape index (κ3) is 5.42. The normalized spacial score (nSPS) is 12.9. The molecule has 1 N–H and O–H groups in total. The van der Waals surface area contributed by atoms with Crippen molar-refractivity contribution in [2.75, 3.05) is 6.61 Å². The van der Waals surface area contributed by atoms with E-state index in [4.69, 9.17) is 27.9 Å². The summed E-state index contributed by atoms with van der Waals surface area (Å²) in [6.07, 6.45) is -1.09. The molecule has 4 heteroatoms. The SMILES string of the molecule is CC(C)C(Cl)(Cl)[C@H](O)C#CCOCc1ccccc1. The van der Waals surface area contributed by atoms with E-state index in [-0.39, 0.29) is 12.5 Å². The van der Waals surface area contributed by atoms with E-state index in [1.165, 1.54) is 0 Å². The average Bonchev–Trinajstić information content (AvgIpc) is 2.39. The third-order valence-electron chi connectivity index (χ3n) is 2.66. The molecule has 0 aliphatic rings. The molecule has 0 amide bonds. The van der Waals surface area contributed by atoms with Crippen LogP contribution in [0.3, 0.4) is 0 Å². The minimum atomic E-state index is -1.26. The molecule has 1 aromatic carbocycles. The maximum atomic E-state index is 9.77. The standard InChI is InChI=1S/C15H18Cl2O2/c1-12(2)15(16,17)14(18)9-6-10-19-11-13-7-4-3-5-8-13/h3-5,7-8,12,14,18H,10-11H2,1-2H3/t14-/m1/s1. The van der Waals surface area contributed by atoms with Crippen molar-refractivity contribution >= 4 is 23.2 Å². The van der Waals surface area contributed by atoms with Gasteiger partial charge in [0.1, 0.15) is 12.7 Å². The monoisotopic (exact) mass is 300 g/mol. The Labute approximate surface area is 124 Å². The summed E-state index contributed by atoms with van der Waals surface area (Å²) in [6.45, 7) is 4.38. The van der Waals surface area contributed by atoms with Crippen LogP contribution >= 0.6 is 23.2 Å². The zero-order valence-electron chi connectivity index (χ0n) is 11.1. The molecule has 0 spiro atoms. The molecule has 0 aliphatic heterocycles. The van der Waals surface area contributed by atoms with Gasteiger partial charge in [0.05, 0.1) is 6.61 Å². The van der Waals surface area contributed by atoms with Gasteiger partial charge in [-0.1, -0.05) is 79.2 Å². The van der Waals surface area contributed by atoms with Crippen molar-refractivity contribution < 1.29 is 9.84 Å². The van der Waals surface area contributed by atoms with E-state index < -0.39 is 10.4 Å². The summed E-state index contributed by atoms with van der Waals surface area (Å²) < 4.78 is 4.11. The van der Waals surface area contributed by atoms with Crippen LogP contribution in [-0.2, 0) is 11.3 Å². The molecule has 2 nitrogen and oxygen atoms in total. The third-order valence-corrected chi connectivity index (χ3v) is 3.95. The predicted molar refractivity (Wildman–Crippen MR) is 79.2 cm³/mol. The zero-order chi connectivity index (χ0) is 14.3. The van der Waals surface area contributed by atoms with Gasteiger partial charge in [-0.3, -0.25) is 0 Å². The van der Waals surface area contributed by atoms with Crippen LogP contribution in [-0.4, -0.2) is 22.2 Å². The second kappa shape index (κ2) is 7.77. The van der Waals surface area contributed by atoms with Crippen LogP contribution < -0.4 is 0 Å². The van der Waals surface area contributed by atoms with Crippen LogP contribution in [0.1, 0.15) is 19.4 Å². The molecule has 0 aliphatic carbocycles. The second-order valence-corrected chi connectivity index (χ2v) is 5.98. The van der Waals surface area contributed by atoms with Gasteiger partial charge in [0.15, 0.2) is 4.33 Å². The largest absolute Gasteiger partial charge is 0.377 e. The lowest BCUT2D eigenvalue weighted by molar-refractivity contribution is 0.152. The van der Waals surface area contributed by atoms with E-state index in [2.05, 4.69) is 11.8 Å². The molecule has 0 aromatic heterocycles. The van der Waals surface area contributed by atoms with E-state index in [0.29, 0.717) is 6.61 Å². The van der Waals surface area contributed by atoms with Crippen LogP contribution in [0.4, 0.5) is 0 Å². The first kappa shape index (κ1) is 16.3. The number of hydrogen-bond acceptors (Lipinski definition) is 2. The summed E-state index contributed by atoms with van der Waals surface area (Å²) in [5, 5.41) is 9.77. The van der Waals surface area contributed by atoms with Crippen LogP contribution in [0.2, 0.25) is 0 Å². The highest BCUT2D eigenvalue weighted by Crippen LogP contribution is 2.33. The Bertz CT molecular complexity index is 432. The van der Waals surface area contributed by atoms with Gasteiger partial charge in [0.25, 0.3) is 0 Å². The predicted octanol–water partition coefficient (Wildman–Crippen LogP) is 3.40. The van der Waals surface area contributed by atoms with Gasteiger partial charge >= 0.3 is 0 Å². The first-order valence-corrected chi connectivity index (χ1v) is 6.86. The smallest absolute Gasteiger partial charge is 0.157 e. The Morgan fingerprint density at radius 3 is 2.47 bits per heavy atom. The highest BCUT2D eigenvalue weighted by atomic mass is 35.5. The van der Waals surface area contributed by atoms with Gasteiger partial charge in [-0.15, -0.1) is 0 Å². The van der Waals surface area contributed by atoms with E-state index in [1.807, 2.05) is 44.2 Å². The number of hydrogen-bond donors (Lipinski definition) is 1. The minimum absolute atomic E-state index is 0.0922. The number of aliphatic hydroxyl groups excluding tert-OH is 1. The summed E-state index contributed by atoms with van der Waals surface area (Å²) in [5.74, 6) is 5.24. The fourth-order valence-electron chi connectivity index (χ4n) is 1.34. The van der Waals surface area contributed by atoms with Crippen molar-refractivity contribution in [1.82, 2.24) is 0 Å². The topological polar surface area (TPSA) is 29.5 Å². The zero-order valence-corrected chi connectivity index (χ0v) is 12.6. The fourth-order valence-corrected chi connectivity index (χ4v) is 1.45. The molecule has 104 valence electrons. The van der Waals surface area contributed by atoms with Gasteiger partial charge in [-0.05, 0) is 11.5 Å². The summed E-state index contributed by atoms with van der Waals surface area (Å²) in [7, 11) is 0. The van der Waals surface area contributed by atoms with E-state index in [0.717, 1.165) is 5.56 Å². The molecule has 0 saturated heterocycles. The first-order chi connectivity index (χ1) is 8.94. The molecule has 0 fully saturated rings. The van der Waals surface area contributed by atoms with Gasteiger partial charge in [-0.2, -0.15) is 0 Å². The maximum Gasteiger partial charge on any atom is 0.157 e. The van der Waals surface area contributed by atoms with Crippen molar-refractivity contribution in [2.24, 2.45) is 5.92 Å². The number of ether oxygens (including phenoxy) is 1. The maximum absolute atomic E-state index is 9.77. The first-order valence-electron chi connectivity index (χ1n) is 6.10. The van der Waals surface area contributed by atoms with Crippen molar-refractivity contribution in [3.8, 4) is 11.8 Å². The molecular weight excluding hydrogens is 283 g/mol.